The maximum absolute atomic E-state index is 9.92. The largest absolute Gasteiger partial charge is 0.491 e. The van der Waals surface area contributed by atoms with E-state index in [0.29, 0.717) is 19.2 Å². The topological polar surface area (TPSA) is 56.8 Å². The van der Waals surface area contributed by atoms with Gasteiger partial charge in [-0.3, -0.25) is 4.90 Å². The second-order valence-electron chi connectivity index (χ2n) is 5.57. The van der Waals surface area contributed by atoms with Crippen molar-refractivity contribution in [3.63, 3.8) is 0 Å². The minimum absolute atomic E-state index is 0.318. The van der Waals surface area contributed by atoms with E-state index >= 15 is 0 Å². The van der Waals surface area contributed by atoms with Gasteiger partial charge in [0, 0.05) is 45.3 Å². The third kappa shape index (κ3) is 6.01. The summed E-state index contributed by atoms with van der Waals surface area (Å²) >= 11 is 0. The summed E-state index contributed by atoms with van der Waals surface area (Å²) < 4.78 is 5.53. The molecule has 0 aliphatic carbocycles. The lowest BCUT2D eigenvalue weighted by molar-refractivity contribution is 0.102. The smallest absolute Gasteiger partial charge is 0.119 e. The zero-order valence-corrected chi connectivity index (χ0v) is 12.8. The first-order valence-corrected chi connectivity index (χ1v) is 7.77. The first-order valence-electron chi connectivity index (χ1n) is 7.77. The van der Waals surface area contributed by atoms with Crippen LogP contribution in [0.3, 0.4) is 0 Å². The van der Waals surface area contributed by atoms with Crippen LogP contribution in [0.2, 0.25) is 0 Å². The Balaban J connectivity index is 1.57. The molecule has 1 fully saturated rings. The molecule has 21 heavy (non-hydrogen) atoms. The van der Waals surface area contributed by atoms with Crippen molar-refractivity contribution in [1.29, 1.82) is 0 Å². The highest BCUT2D eigenvalue weighted by Crippen LogP contribution is 2.08. The minimum Gasteiger partial charge on any atom is -0.491 e. The lowest BCUT2D eigenvalue weighted by atomic mass is 10.2. The Morgan fingerprint density at radius 3 is 2.67 bits per heavy atom. The quantitative estimate of drug-likeness (QED) is 0.644. The molecule has 3 N–H and O–H groups in total. The predicted molar refractivity (Wildman–Crippen MR) is 84.7 cm³/mol. The minimum atomic E-state index is -0.486. The number of ether oxygens (including phenoxy) is 1. The number of aliphatic hydroxyl groups excluding tert-OH is 1. The summed E-state index contributed by atoms with van der Waals surface area (Å²) in [6, 6.07) is 10.1. The van der Waals surface area contributed by atoms with Crippen LogP contribution in [0.4, 0.5) is 0 Å². The van der Waals surface area contributed by atoms with Crippen LogP contribution in [0, 0.1) is 0 Å². The van der Waals surface area contributed by atoms with Gasteiger partial charge in [0.2, 0.25) is 0 Å². The Morgan fingerprint density at radius 2 is 1.95 bits per heavy atom. The number of hydrogen-bond acceptors (Lipinski definition) is 5. The van der Waals surface area contributed by atoms with E-state index in [0.717, 1.165) is 38.5 Å². The highest BCUT2D eigenvalue weighted by Gasteiger charge is 2.16. The molecule has 0 bridgehead atoms. The monoisotopic (exact) mass is 293 g/mol. The summed E-state index contributed by atoms with van der Waals surface area (Å²) in [5, 5.41) is 16.6. The van der Waals surface area contributed by atoms with Gasteiger partial charge in [-0.1, -0.05) is 18.2 Å². The molecule has 2 atom stereocenters. The summed E-state index contributed by atoms with van der Waals surface area (Å²) in [5.74, 6) is 0.797. The average Bonchev–Trinajstić information content (AvgIpc) is 2.54. The summed E-state index contributed by atoms with van der Waals surface area (Å²) in [5.41, 5.74) is 0. The highest BCUT2D eigenvalue weighted by atomic mass is 16.5. The summed E-state index contributed by atoms with van der Waals surface area (Å²) in [6.07, 6.45) is -0.486. The van der Waals surface area contributed by atoms with Gasteiger partial charge in [0.15, 0.2) is 0 Å². The molecule has 1 aromatic carbocycles. The van der Waals surface area contributed by atoms with Gasteiger partial charge in [-0.2, -0.15) is 0 Å². The molecule has 1 heterocycles. The first kappa shape index (κ1) is 16.2. The number of nitrogens with zero attached hydrogens (tertiary/aromatic N) is 1. The Hall–Kier alpha value is -1.14. The third-order valence-electron chi connectivity index (χ3n) is 3.78. The molecule has 1 aromatic rings. The molecule has 0 saturated carbocycles. The van der Waals surface area contributed by atoms with Crippen molar-refractivity contribution >= 4 is 0 Å². The second kappa shape index (κ2) is 9.00. The third-order valence-corrected chi connectivity index (χ3v) is 3.78. The number of para-hydroxylation sites is 1. The number of nitrogens with one attached hydrogen (secondary N) is 2. The van der Waals surface area contributed by atoms with Gasteiger partial charge in [-0.25, -0.2) is 0 Å². The van der Waals surface area contributed by atoms with Crippen LogP contribution in [0.1, 0.15) is 6.92 Å². The summed E-state index contributed by atoms with van der Waals surface area (Å²) in [7, 11) is 0. The first-order chi connectivity index (χ1) is 10.3. The number of piperazine rings is 1. The van der Waals surface area contributed by atoms with Gasteiger partial charge in [-0.15, -0.1) is 0 Å². The number of rotatable bonds is 8. The molecule has 2 unspecified atom stereocenters. The van der Waals surface area contributed by atoms with E-state index in [9.17, 15) is 5.11 Å². The Morgan fingerprint density at radius 1 is 1.24 bits per heavy atom. The maximum Gasteiger partial charge on any atom is 0.119 e. The normalized spacial score (nSPS) is 19.1. The summed E-state index contributed by atoms with van der Waals surface area (Å²) in [6.45, 7) is 8.33. The van der Waals surface area contributed by atoms with E-state index in [1.54, 1.807) is 0 Å². The van der Waals surface area contributed by atoms with Crippen molar-refractivity contribution in [2.24, 2.45) is 0 Å². The molecular weight excluding hydrogens is 266 g/mol. The molecule has 0 radical (unpaired) electrons. The van der Waals surface area contributed by atoms with Crippen LogP contribution in [-0.4, -0.2) is 68.0 Å². The Labute approximate surface area is 127 Å². The van der Waals surface area contributed by atoms with Crippen LogP contribution >= 0.6 is 0 Å². The average molecular weight is 293 g/mol. The van der Waals surface area contributed by atoms with Crippen LogP contribution < -0.4 is 15.4 Å². The number of hydrogen-bond donors (Lipinski definition) is 3. The molecule has 0 amide bonds. The predicted octanol–water partition coefficient (Wildman–Crippen LogP) is 0.310. The zero-order valence-electron chi connectivity index (χ0n) is 12.8. The van der Waals surface area contributed by atoms with Crippen molar-refractivity contribution in [3.8, 4) is 5.75 Å². The lowest BCUT2D eigenvalue weighted by Crippen LogP contribution is -2.50. The van der Waals surface area contributed by atoms with Gasteiger partial charge >= 0.3 is 0 Å². The molecule has 0 spiro atoms. The van der Waals surface area contributed by atoms with Gasteiger partial charge < -0.3 is 20.5 Å². The SMILES string of the molecule is CC(CNCC(O)COc1ccccc1)N1CCNCC1. The van der Waals surface area contributed by atoms with Crippen LogP contribution in [0.5, 0.6) is 5.75 Å². The standard InChI is InChI=1S/C16H27N3O2/c1-14(19-9-7-17-8-10-19)11-18-12-15(20)13-21-16-5-3-2-4-6-16/h2-6,14-15,17-18,20H,7-13H2,1H3. The van der Waals surface area contributed by atoms with Crippen molar-refractivity contribution in [2.75, 3.05) is 45.9 Å². The lowest BCUT2D eigenvalue weighted by Gasteiger charge is -2.33. The van der Waals surface area contributed by atoms with E-state index in [1.807, 2.05) is 30.3 Å². The fourth-order valence-corrected chi connectivity index (χ4v) is 2.48. The van der Waals surface area contributed by atoms with Gasteiger partial charge in [0.05, 0.1) is 0 Å². The number of benzene rings is 1. The van der Waals surface area contributed by atoms with E-state index < -0.39 is 6.10 Å². The molecule has 1 saturated heterocycles. The highest BCUT2D eigenvalue weighted by molar-refractivity contribution is 5.20. The maximum atomic E-state index is 9.92. The van der Waals surface area contributed by atoms with Crippen molar-refractivity contribution in [2.45, 2.75) is 19.1 Å². The Kier molecular flexibility index (Phi) is 6.95. The van der Waals surface area contributed by atoms with Gasteiger partial charge in [0.1, 0.15) is 18.5 Å². The number of aliphatic hydroxyl groups is 1. The Bertz CT molecular complexity index is 382. The molecule has 0 aromatic heterocycles. The van der Waals surface area contributed by atoms with Crippen LogP contribution in [0.25, 0.3) is 0 Å². The van der Waals surface area contributed by atoms with E-state index in [2.05, 4.69) is 22.5 Å². The van der Waals surface area contributed by atoms with E-state index in [-0.39, 0.29) is 0 Å². The molecule has 5 nitrogen and oxygen atoms in total. The van der Waals surface area contributed by atoms with Crippen molar-refractivity contribution < 1.29 is 9.84 Å². The van der Waals surface area contributed by atoms with E-state index in [1.165, 1.54) is 0 Å². The summed E-state index contributed by atoms with van der Waals surface area (Å²) in [4.78, 5) is 2.47. The molecule has 1 aliphatic heterocycles. The fraction of sp³-hybridized carbons (Fsp3) is 0.625. The van der Waals surface area contributed by atoms with Crippen molar-refractivity contribution in [3.05, 3.63) is 30.3 Å². The fourth-order valence-electron chi connectivity index (χ4n) is 2.48. The van der Waals surface area contributed by atoms with Crippen LogP contribution in [0.15, 0.2) is 30.3 Å². The van der Waals surface area contributed by atoms with E-state index in [4.69, 9.17) is 4.74 Å². The van der Waals surface area contributed by atoms with Crippen LogP contribution in [-0.2, 0) is 0 Å². The molecule has 5 heteroatoms. The van der Waals surface area contributed by atoms with Crippen molar-refractivity contribution in [1.82, 2.24) is 15.5 Å². The van der Waals surface area contributed by atoms with Gasteiger partial charge in [0.25, 0.3) is 0 Å². The molecule has 2 rings (SSSR count). The zero-order chi connectivity index (χ0) is 14.9. The van der Waals surface area contributed by atoms with Gasteiger partial charge in [-0.05, 0) is 19.1 Å². The molecular formula is C16H27N3O2. The second-order valence-corrected chi connectivity index (χ2v) is 5.57. The molecule has 1 aliphatic rings. The molecule has 118 valence electrons.